The summed E-state index contributed by atoms with van der Waals surface area (Å²) >= 11 is 0. The van der Waals surface area contributed by atoms with Gasteiger partial charge in [0.1, 0.15) is 4.90 Å². The van der Waals surface area contributed by atoms with Gasteiger partial charge in [0.25, 0.3) is 0 Å². The third-order valence-electron chi connectivity index (χ3n) is 3.84. The van der Waals surface area contributed by atoms with Crippen molar-refractivity contribution in [2.75, 3.05) is 26.3 Å². The van der Waals surface area contributed by atoms with Crippen LogP contribution in [0.15, 0.2) is 17.2 Å². The van der Waals surface area contributed by atoms with Crippen LogP contribution in [-0.4, -0.2) is 49.6 Å². The maximum absolute atomic E-state index is 12.5. The number of hydrogen-bond acceptors (Lipinski definition) is 4. The third-order valence-corrected chi connectivity index (χ3v) is 5.70. The monoisotopic (exact) mass is 299 g/mol. The maximum Gasteiger partial charge on any atom is 0.244 e. The summed E-state index contributed by atoms with van der Waals surface area (Å²) < 4.78 is 33.7. The molecule has 1 aromatic rings. The van der Waals surface area contributed by atoms with E-state index in [2.05, 4.69) is 5.32 Å². The van der Waals surface area contributed by atoms with E-state index in [1.807, 2.05) is 11.6 Å². The van der Waals surface area contributed by atoms with E-state index in [4.69, 9.17) is 4.74 Å². The first-order valence-corrected chi connectivity index (χ1v) is 8.48. The predicted molar refractivity (Wildman–Crippen MR) is 74.9 cm³/mol. The quantitative estimate of drug-likeness (QED) is 0.849. The van der Waals surface area contributed by atoms with Gasteiger partial charge in [0, 0.05) is 44.6 Å². The Balaban J connectivity index is 1.76. The summed E-state index contributed by atoms with van der Waals surface area (Å²) in [5.41, 5.74) is 1.00. The number of aryl methyl sites for hydroxylation is 1. The van der Waals surface area contributed by atoms with Crippen molar-refractivity contribution >= 4 is 10.0 Å². The van der Waals surface area contributed by atoms with Crippen molar-refractivity contribution < 1.29 is 13.2 Å². The van der Waals surface area contributed by atoms with Crippen LogP contribution in [0, 0.1) is 0 Å². The number of morpholine rings is 1. The number of rotatable bonds is 5. The molecule has 0 bridgehead atoms. The second-order valence-electron chi connectivity index (χ2n) is 5.45. The molecular formula is C13H21N3O3S. The molecule has 1 aliphatic carbocycles. The van der Waals surface area contributed by atoms with Gasteiger partial charge in [-0.15, -0.1) is 0 Å². The molecule has 7 heteroatoms. The highest BCUT2D eigenvalue weighted by molar-refractivity contribution is 7.89. The Morgan fingerprint density at radius 2 is 2.05 bits per heavy atom. The second-order valence-corrected chi connectivity index (χ2v) is 7.39. The Kier molecular flexibility index (Phi) is 3.85. The Morgan fingerprint density at radius 3 is 2.70 bits per heavy atom. The molecule has 6 nitrogen and oxygen atoms in total. The van der Waals surface area contributed by atoms with Gasteiger partial charge in [0.2, 0.25) is 10.0 Å². The van der Waals surface area contributed by atoms with Crippen molar-refractivity contribution in [3.63, 3.8) is 0 Å². The largest absolute Gasteiger partial charge is 0.379 e. The summed E-state index contributed by atoms with van der Waals surface area (Å²) in [5.74, 6) is 0. The number of nitrogens with one attached hydrogen (secondary N) is 1. The molecule has 20 heavy (non-hydrogen) atoms. The number of ether oxygens (including phenoxy) is 1. The molecule has 0 spiro atoms. The number of sulfonamides is 1. The average molecular weight is 299 g/mol. The molecule has 112 valence electrons. The fraction of sp³-hybridized carbons (Fsp3) is 0.692. The van der Waals surface area contributed by atoms with Crippen molar-refractivity contribution in [3.05, 3.63) is 18.0 Å². The first kappa shape index (κ1) is 14.1. The van der Waals surface area contributed by atoms with Crippen LogP contribution >= 0.6 is 0 Å². The van der Waals surface area contributed by atoms with Gasteiger partial charge in [-0.2, -0.15) is 4.31 Å². The molecule has 2 fully saturated rings. The van der Waals surface area contributed by atoms with Gasteiger partial charge in [-0.3, -0.25) is 0 Å². The smallest absolute Gasteiger partial charge is 0.244 e. The van der Waals surface area contributed by atoms with Crippen LogP contribution in [0.5, 0.6) is 0 Å². The van der Waals surface area contributed by atoms with Crippen LogP contribution in [0.1, 0.15) is 18.5 Å². The normalized spacial score (nSPS) is 21.2. The van der Waals surface area contributed by atoms with Gasteiger partial charge < -0.3 is 14.6 Å². The highest BCUT2D eigenvalue weighted by atomic mass is 32.2. The van der Waals surface area contributed by atoms with Crippen molar-refractivity contribution in [1.82, 2.24) is 14.2 Å². The van der Waals surface area contributed by atoms with Crippen LogP contribution in [0.2, 0.25) is 0 Å². The lowest BCUT2D eigenvalue weighted by Gasteiger charge is -2.25. The van der Waals surface area contributed by atoms with Crippen molar-refractivity contribution in [3.8, 4) is 0 Å². The zero-order chi connectivity index (χ0) is 14.2. The van der Waals surface area contributed by atoms with Gasteiger partial charge in [0.05, 0.1) is 13.2 Å². The molecule has 0 aromatic carbocycles. The summed E-state index contributed by atoms with van der Waals surface area (Å²) in [6, 6.07) is 2.39. The molecule has 0 amide bonds. The summed E-state index contributed by atoms with van der Waals surface area (Å²) in [4.78, 5) is 0.384. The first-order valence-electron chi connectivity index (χ1n) is 7.04. The summed E-state index contributed by atoms with van der Waals surface area (Å²) in [7, 11) is -1.49. The molecule has 2 aliphatic rings. The van der Waals surface area contributed by atoms with Crippen LogP contribution in [0.3, 0.4) is 0 Å². The zero-order valence-corrected chi connectivity index (χ0v) is 12.5. The lowest BCUT2D eigenvalue weighted by Crippen LogP contribution is -2.40. The maximum atomic E-state index is 12.5. The van der Waals surface area contributed by atoms with E-state index >= 15 is 0 Å². The van der Waals surface area contributed by atoms with Gasteiger partial charge in [-0.1, -0.05) is 0 Å². The SMILES string of the molecule is Cn1cc(S(=O)(=O)N2CCOCC2)cc1CNC1CC1. The van der Waals surface area contributed by atoms with E-state index in [0.29, 0.717) is 37.2 Å². The lowest BCUT2D eigenvalue weighted by atomic mass is 10.4. The van der Waals surface area contributed by atoms with Crippen molar-refractivity contribution in [2.45, 2.75) is 30.3 Å². The molecule has 3 rings (SSSR count). The third kappa shape index (κ3) is 2.90. The average Bonchev–Trinajstić information content (AvgIpc) is 3.20. The van der Waals surface area contributed by atoms with E-state index in [0.717, 1.165) is 12.2 Å². The molecule has 0 unspecified atom stereocenters. The van der Waals surface area contributed by atoms with Gasteiger partial charge in [0.15, 0.2) is 0 Å². The Bertz CT molecular complexity index is 572. The topological polar surface area (TPSA) is 63.6 Å². The number of nitrogens with zero attached hydrogens (tertiary/aromatic N) is 2. The molecule has 1 saturated carbocycles. The summed E-state index contributed by atoms with van der Waals surface area (Å²) in [6.07, 6.45) is 4.15. The zero-order valence-electron chi connectivity index (χ0n) is 11.7. The predicted octanol–water partition coefficient (Wildman–Crippen LogP) is 0.298. The van der Waals surface area contributed by atoms with Crippen LogP contribution in [0.4, 0.5) is 0 Å². The van der Waals surface area contributed by atoms with Crippen molar-refractivity contribution in [1.29, 1.82) is 0 Å². The summed E-state index contributed by atoms with van der Waals surface area (Å²) in [6.45, 7) is 2.55. The minimum Gasteiger partial charge on any atom is -0.379 e. The van der Waals surface area contributed by atoms with Crippen molar-refractivity contribution in [2.24, 2.45) is 7.05 Å². The molecule has 0 radical (unpaired) electrons. The molecule has 1 saturated heterocycles. The number of hydrogen-bond donors (Lipinski definition) is 1. The Labute approximate surface area is 119 Å². The molecule has 0 atom stereocenters. The molecule has 1 aliphatic heterocycles. The van der Waals surface area contributed by atoms with E-state index in [1.54, 1.807) is 12.3 Å². The van der Waals surface area contributed by atoms with Gasteiger partial charge in [-0.25, -0.2) is 8.42 Å². The van der Waals surface area contributed by atoms with Gasteiger partial charge >= 0.3 is 0 Å². The Hall–Kier alpha value is -0.890. The minimum absolute atomic E-state index is 0.384. The molecule has 1 aromatic heterocycles. The Morgan fingerprint density at radius 1 is 1.35 bits per heavy atom. The van der Waals surface area contributed by atoms with Crippen LogP contribution in [-0.2, 0) is 28.4 Å². The van der Waals surface area contributed by atoms with Crippen LogP contribution < -0.4 is 5.32 Å². The first-order chi connectivity index (χ1) is 9.57. The van der Waals surface area contributed by atoms with E-state index in [9.17, 15) is 8.42 Å². The second kappa shape index (κ2) is 5.48. The van der Waals surface area contributed by atoms with Crippen LogP contribution in [0.25, 0.3) is 0 Å². The standard InChI is InChI=1S/C13H21N3O3S/c1-15-10-13(8-12(15)9-14-11-2-3-11)20(17,18)16-4-6-19-7-5-16/h8,10-11,14H,2-7,9H2,1H3. The summed E-state index contributed by atoms with van der Waals surface area (Å²) in [5, 5.41) is 3.41. The van der Waals surface area contributed by atoms with Gasteiger partial charge in [-0.05, 0) is 18.9 Å². The molecular weight excluding hydrogens is 278 g/mol. The highest BCUT2D eigenvalue weighted by Gasteiger charge is 2.28. The van der Waals surface area contributed by atoms with E-state index in [1.165, 1.54) is 17.1 Å². The highest BCUT2D eigenvalue weighted by Crippen LogP contribution is 2.22. The molecule has 1 N–H and O–H groups in total. The van der Waals surface area contributed by atoms with E-state index in [-0.39, 0.29) is 0 Å². The minimum atomic E-state index is -3.38. The lowest BCUT2D eigenvalue weighted by molar-refractivity contribution is 0.0730. The van der Waals surface area contributed by atoms with E-state index < -0.39 is 10.0 Å². The fourth-order valence-corrected chi connectivity index (χ4v) is 3.87. The molecule has 2 heterocycles. The number of aromatic nitrogens is 1. The fourth-order valence-electron chi connectivity index (χ4n) is 2.37.